The van der Waals surface area contributed by atoms with E-state index in [0.717, 1.165) is 18.4 Å². The highest BCUT2D eigenvalue weighted by Gasteiger charge is 2.27. The Morgan fingerprint density at radius 1 is 1.04 bits per heavy atom. The maximum Gasteiger partial charge on any atom is 0.243 e. The Morgan fingerprint density at radius 3 is 2.22 bits per heavy atom. The molecule has 1 saturated heterocycles. The van der Waals surface area contributed by atoms with Gasteiger partial charge in [0.15, 0.2) is 5.78 Å². The van der Waals surface area contributed by atoms with Crippen LogP contribution in [0.15, 0.2) is 59.5 Å². The van der Waals surface area contributed by atoms with Crippen LogP contribution in [0.25, 0.3) is 6.08 Å². The molecule has 142 valence electrons. The van der Waals surface area contributed by atoms with Gasteiger partial charge < -0.3 is 0 Å². The molecular formula is C21H22ClNO3S. The molecule has 0 aromatic heterocycles. The average molecular weight is 404 g/mol. The predicted octanol–water partition coefficient (Wildman–Crippen LogP) is 4.66. The number of allylic oxidation sites excluding steroid dienone is 1. The van der Waals surface area contributed by atoms with Crippen molar-refractivity contribution in [3.63, 3.8) is 0 Å². The summed E-state index contributed by atoms with van der Waals surface area (Å²) in [6.45, 7) is 3.24. The molecule has 0 amide bonds. The first-order valence-corrected chi connectivity index (χ1v) is 10.8. The molecule has 0 saturated carbocycles. The first kappa shape index (κ1) is 19.8. The molecule has 0 bridgehead atoms. The van der Waals surface area contributed by atoms with Crippen molar-refractivity contribution >= 4 is 33.5 Å². The van der Waals surface area contributed by atoms with Gasteiger partial charge in [-0.25, -0.2) is 8.42 Å². The summed E-state index contributed by atoms with van der Waals surface area (Å²) in [5, 5.41) is 0.637. The molecule has 1 fully saturated rings. The summed E-state index contributed by atoms with van der Waals surface area (Å²) in [6.07, 6.45) is 4.94. The number of ketones is 1. The highest BCUT2D eigenvalue weighted by atomic mass is 35.5. The van der Waals surface area contributed by atoms with Gasteiger partial charge in [0.2, 0.25) is 10.0 Å². The Labute approximate surface area is 165 Å². The van der Waals surface area contributed by atoms with E-state index in [4.69, 9.17) is 11.6 Å². The first-order valence-electron chi connectivity index (χ1n) is 8.94. The molecule has 0 atom stereocenters. The summed E-state index contributed by atoms with van der Waals surface area (Å²) in [4.78, 5) is 12.5. The van der Waals surface area contributed by atoms with Gasteiger partial charge in [-0.05, 0) is 66.8 Å². The summed E-state index contributed by atoms with van der Waals surface area (Å²) in [6, 6.07) is 13.3. The second kappa shape index (κ2) is 8.38. The van der Waals surface area contributed by atoms with E-state index in [2.05, 4.69) is 6.92 Å². The number of halogens is 1. The molecule has 2 aromatic rings. The largest absolute Gasteiger partial charge is 0.289 e. The highest BCUT2D eigenvalue weighted by molar-refractivity contribution is 7.89. The molecule has 1 heterocycles. The Morgan fingerprint density at radius 2 is 1.63 bits per heavy atom. The number of carbonyl (C=O) groups is 1. The minimum atomic E-state index is -3.50. The number of sulfonamides is 1. The molecule has 1 aliphatic heterocycles. The van der Waals surface area contributed by atoms with Gasteiger partial charge >= 0.3 is 0 Å². The zero-order valence-corrected chi connectivity index (χ0v) is 16.7. The van der Waals surface area contributed by atoms with Crippen molar-refractivity contribution in [3.8, 4) is 0 Å². The smallest absolute Gasteiger partial charge is 0.243 e. The number of nitrogens with zero attached hydrogens (tertiary/aromatic N) is 1. The molecule has 0 spiro atoms. The topological polar surface area (TPSA) is 54.5 Å². The number of rotatable bonds is 5. The van der Waals surface area contributed by atoms with E-state index in [1.807, 2.05) is 12.1 Å². The van der Waals surface area contributed by atoms with Crippen LogP contribution in [0.1, 0.15) is 35.7 Å². The molecule has 1 aliphatic rings. The predicted molar refractivity (Wildman–Crippen MR) is 108 cm³/mol. The van der Waals surface area contributed by atoms with E-state index in [1.54, 1.807) is 30.3 Å². The van der Waals surface area contributed by atoms with Crippen molar-refractivity contribution in [1.82, 2.24) is 4.31 Å². The standard InChI is InChI=1S/C21H22ClNO3S/c1-16-12-14-23(15-13-16)27(25,26)20-9-5-18(6-10-20)21(24)11-4-17-2-7-19(22)8-3-17/h2-11,16H,12-15H2,1H3. The van der Waals surface area contributed by atoms with E-state index in [1.165, 1.54) is 22.5 Å². The molecule has 6 heteroatoms. The normalized spacial score (nSPS) is 16.7. The fraction of sp³-hybridized carbons (Fsp3) is 0.286. The van der Waals surface area contributed by atoms with Gasteiger partial charge in [-0.3, -0.25) is 4.79 Å². The molecule has 0 radical (unpaired) electrons. The van der Waals surface area contributed by atoms with Gasteiger partial charge in [0, 0.05) is 23.7 Å². The fourth-order valence-electron chi connectivity index (χ4n) is 3.01. The molecule has 27 heavy (non-hydrogen) atoms. The zero-order valence-electron chi connectivity index (χ0n) is 15.1. The van der Waals surface area contributed by atoms with Gasteiger partial charge in [-0.1, -0.05) is 36.7 Å². The van der Waals surface area contributed by atoms with Crippen LogP contribution in [0.5, 0.6) is 0 Å². The monoisotopic (exact) mass is 403 g/mol. The van der Waals surface area contributed by atoms with Crippen molar-refractivity contribution < 1.29 is 13.2 Å². The van der Waals surface area contributed by atoms with Crippen LogP contribution < -0.4 is 0 Å². The third-order valence-electron chi connectivity index (χ3n) is 4.82. The Balaban J connectivity index is 1.70. The summed E-state index contributed by atoms with van der Waals surface area (Å²) < 4.78 is 27.0. The second-order valence-electron chi connectivity index (χ2n) is 6.86. The van der Waals surface area contributed by atoms with E-state index in [-0.39, 0.29) is 10.7 Å². The number of benzene rings is 2. The molecular weight excluding hydrogens is 382 g/mol. The van der Waals surface area contributed by atoms with Crippen molar-refractivity contribution in [2.24, 2.45) is 5.92 Å². The van der Waals surface area contributed by atoms with E-state index in [9.17, 15) is 13.2 Å². The van der Waals surface area contributed by atoms with E-state index < -0.39 is 10.0 Å². The quantitative estimate of drug-likeness (QED) is 0.539. The fourth-order valence-corrected chi connectivity index (χ4v) is 4.60. The van der Waals surface area contributed by atoms with E-state index >= 15 is 0 Å². The van der Waals surface area contributed by atoms with Crippen molar-refractivity contribution in [2.75, 3.05) is 13.1 Å². The summed E-state index contributed by atoms with van der Waals surface area (Å²) in [7, 11) is -3.50. The number of carbonyl (C=O) groups excluding carboxylic acids is 1. The lowest BCUT2D eigenvalue weighted by Crippen LogP contribution is -2.37. The van der Waals surface area contributed by atoms with Gasteiger partial charge in [-0.2, -0.15) is 4.31 Å². The van der Waals surface area contributed by atoms with Gasteiger partial charge in [0.1, 0.15) is 0 Å². The van der Waals surface area contributed by atoms with Crippen LogP contribution in [0.4, 0.5) is 0 Å². The third-order valence-corrected chi connectivity index (χ3v) is 6.98. The SMILES string of the molecule is CC1CCN(S(=O)(=O)c2ccc(C(=O)C=Cc3ccc(Cl)cc3)cc2)CC1. The Bertz CT molecular complexity index is 926. The van der Waals surface area contributed by atoms with E-state index in [0.29, 0.717) is 29.6 Å². The number of piperidine rings is 1. The highest BCUT2D eigenvalue weighted by Crippen LogP contribution is 2.23. The molecule has 0 N–H and O–H groups in total. The summed E-state index contributed by atoms with van der Waals surface area (Å²) in [5.41, 5.74) is 1.32. The zero-order chi connectivity index (χ0) is 19.4. The van der Waals surface area contributed by atoms with Crippen LogP contribution in [-0.4, -0.2) is 31.6 Å². The van der Waals surface area contributed by atoms with Gasteiger partial charge in [0.25, 0.3) is 0 Å². The minimum absolute atomic E-state index is 0.180. The second-order valence-corrected chi connectivity index (χ2v) is 9.23. The van der Waals surface area contributed by atoms with Crippen molar-refractivity contribution in [3.05, 3.63) is 70.8 Å². The lowest BCUT2D eigenvalue weighted by molar-refractivity contribution is 0.104. The minimum Gasteiger partial charge on any atom is -0.289 e. The van der Waals surface area contributed by atoms with Crippen LogP contribution in [0.3, 0.4) is 0 Å². The van der Waals surface area contributed by atoms with Crippen LogP contribution in [0, 0.1) is 5.92 Å². The molecule has 2 aromatic carbocycles. The van der Waals surface area contributed by atoms with Gasteiger partial charge in [-0.15, -0.1) is 0 Å². The molecule has 4 nitrogen and oxygen atoms in total. The number of hydrogen-bond acceptors (Lipinski definition) is 3. The molecule has 3 rings (SSSR count). The number of hydrogen-bond donors (Lipinski definition) is 0. The lowest BCUT2D eigenvalue weighted by Gasteiger charge is -2.29. The van der Waals surface area contributed by atoms with Crippen LogP contribution in [-0.2, 0) is 10.0 Å². The Kier molecular flexibility index (Phi) is 6.15. The maximum atomic E-state index is 12.7. The third kappa shape index (κ3) is 4.86. The Hall–Kier alpha value is -1.95. The van der Waals surface area contributed by atoms with Crippen molar-refractivity contribution in [2.45, 2.75) is 24.7 Å². The van der Waals surface area contributed by atoms with Gasteiger partial charge in [0.05, 0.1) is 4.90 Å². The summed E-state index contributed by atoms with van der Waals surface area (Å²) >= 11 is 5.84. The van der Waals surface area contributed by atoms with Crippen LogP contribution >= 0.6 is 11.6 Å². The summed E-state index contributed by atoms with van der Waals surface area (Å²) in [5.74, 6) is 0.379. The first-order chi connectivity index (χ1) is 12.9. The van der Waals surface area contributed by atoms with Crippen LogP contribution in [0.2, 0.25) is 5.02 Å². The maximum absolute atomic E-state index is 12.7. The average Bonchev–Trinajstić information content (AvgIpc) is 2.68. The van der Waals surface area contributed by atoms with Crippen molar-refractivity contribution in [1.29, 1.82) is 0 Å². The molecule has 0 aliphatic carbocycles. The molecule has 0 unspecified atom stereocenters. The lowest BCUT2D eigenvalue weighted by atomic mass is 10.0.